The third-order valence-electron chi connectivity index (χ3n) is 5.96. The number of primary amides is 1. The van der Waals surface area contributed by atoms with Crippen molar-refractivity contribution < 1.29 is 23.0 Å². The molecule has 0 atom stereocenters. The number of benzene rings is 1. The molecule has 0 unspecified atom stereocenters. The van der Waals surface area contributed by atoms with Gasteiger partial charge in [-0.05, 0) is 30.3 Å². The molecule has 38 heavy (non-hydrogen) atoms. The Balaban J connectivity index is 1.91. The monoisotopic (exact) mass is 541 g/mol. The molecule has 0 fully saturated rings. The summed E-state index contributed by atoms with van der Waals surface area (Å²) in [7, 11) is 0.173. The van der Waals surface area contributed by atoms with Crippen LogP contribution in [0.15, 0.2) is 47.5 Å². The smallest absolute Gasteiger partial charge is 0.265 e. The number of hydrogen-bond donors (Lipinski definition) is 2. The van der Waals surface area contributed by atoms with Crippen molar-refractivity contribution in [1.29, 1.82) is 0 Å². The molecule has 0 bridgehead atoms. The molecule has 1 amide bonds. The molecule has 0 aliphatic carbocycles. The maximum absolute atomic E-state index is 14.4. The number of ether oxygens (including phenoxy) is 2. The van der Waals surface area contributed by atoms with Crippen LogP contribution in [0.2, 0.25) is 25.7 Å². The lowest BCUT2D eigenvalue weighted by Crippen LogP contribution is -2.23. The highest BCUT2D eigenvalue weighted by Gasteiger charge is 2.23. The van der Waals surface area contributed by atoms with E-state index in [4.69, 9.17) is 20.9 Å². The van der Waals surface area contributed by atoms with E-state index in [9.17, 15) is 18.4 Å². The van der Waals surface area contributed by atoms with E-state index in [0.717, 1.165) is 18.2 Å². The minimum Gasteiger partial charge on any atom is -0.435 e. The molecule has 4 rings (SSSR count). The molecule has 4 N–H and O–H groups in total. The number of rotatable bonds is 9. The molecule has 12 heteroatoms. The van der Waals surface area contributed by atoms with Gasteiger partial charge in [-0.15, -0.1) is 0 Å². The number of carbonyl (C=O) groups excluding carboxylic acids is 1. The normalized spacial score (nSPS) is 11.7. The van der Waals surface area contributed by atoms with Crippen molar-refractivity contribution in [3.05, 3.63) is 70.4 Å². The Morgan fingerprint density at radius 1 is 1.13 bits per heavy atom. The van der Waals surface area contributed by atoms with Gasteiger partial charge in [-0.25, -0.2) is 13.8 Å². The van der Waals surface area contributed by atoms with Crippen LogP contribution in [0.25, 0.3) is 22.0 Å². The van der Waals surface area contributed by atoms with Crippen molar-refractivity contribution >= 4 is 30.6 Å². The molecular weight excluding hydrogens is 512 g/mol. The van der Waals surface area contributed by atoms with E-state index in [-0.39, 0.29) is 40.7 Å². The maximum atomic E-state index is 14.4. The first kappa shape index (κ1) is 27.0. The number of pyridine rings is 2. The molecule has 0 saturated heterocycles. The van der Waals surface area contributed by atoms with Crippen LogP contribution in [0.4, 0.5) is 14.5 Å². The fraction of sp³-hybridized carbons (Fsp3) is 0.269. The number of amides is 1. The van der Waals surface area contributed by atoms with E-state index in [1.54, 1.807) is 19.3 Å². The molecule has 0 spiro atoms. The lowest BCUT2D eigenvalue weighted by Gasteiger charge is -2.18. The van der Waals surface area contributed by atoms with Crippen LogP contribution < -0.4 is 21.8 Å². The van der Waals surface area contributed by atoms with E-state index < -0.39 is 25.6 Å². The van der Waals surface area contributed by atoms with Crippen molar-refractivity contribution in [2.75, 3.05) is 12.3 Å². The van der Waals surface area contributed by atoms with Gasteiger partial charge in [0.15, 0.2) is 11.6 Å². The zero-order chi connectivity index (χ0) is 27.8. The second kappa shape index (κ2) is 10.4. The number of nitrogen functional groups attached to an aromatic ring is 1. The first-order chi connectivity index (χ1) is 17.9. The summed E-state index contributed by atoms with van der Waals surface area (Å²) >= 11 is 0. The van der Waals surface area contributed by atoms with Gasteiger partial charge in [0.1, 0.15) is 18.2 Å². The number of carbonyl (C=O) groups is 1. The molecule has 0 saturated carbocycles. The Hall–Kier alpha value is -4.03. The molecule has 3 heterocycles. The summed E-state index contributed by atoms with van der Waals surface area (Å²) in [5, 5.41) is 0.217. The summed E-state index contributed by atoms with van der Waals surface area (Å²) in [5.74, 6) is -2.72. The SMILES string of the molecule is Cn1cc(-c2cc(N)cnc2Oc2ccc(F)cc2F)c2c(cc(C(N)=O)n2COCC[Si](C)(C)C)c1=O. The minimum absolute atomic E-state index is 0.0368. The number of anilines is 1. The van der Waals surface area contributed by atoms with Gasteiger partial charge in [0.05, 0.1) is 28.4 Å². The Labute approximate surface area is 218 Å². The van der Waals surface area contributed by atoms with E-state index in [1.807, 2.05) is 0 Å². The number of fused-ring (bicyclic) bond motifs is 1. The lowest BCUT2D eigenvalue weighted by atomic mass is 10.1. The summed E-state index contributed by atoms with van der Waals surface area (Å²) < 4.78 is 42.4. The number of nitrogens with two attached hydrogens (primary N) is 2. The standard InChI is InChI=1S/C26H29F2N5O4Si/c1-32-13-19(17-10-16(29)12-31-25(17)37-22-6-5-15(27)9-20(22)28)23-18(26(32)35)11-21(24(30)34)33(23)14-36-7-8-38(2,3)4/h5-6,9-13H,7-8,14,29H2,1-4H3,(H2,30,34). The van der Waals surface area contributed by atoms with Gasteiger partial charge in [0.25, 0.3) is 11.5 Å². The molecule has 1 aromatic carbocycles. The van der Waals surface area contributed by atoms with Crippen LogP contribution in [0.1, 0.15) is 10.5 Å². The van der Waals surface area contributed by atoms with Gasteiger partial charge >= 0.3 is 0 Å². The van der Waals surface area contributed by atoms with Crippen molar-refractivity contribution in [2.45, 2.75) is 32.4 Å². The van der Waals surface area contributed by atoms with Crippen molar-refractivity contribution in [3.8, 4) is 22.8 Å². The number of halogens is 2. The number of nitrogens with zero attached hydrogens (tertiary/aromatic N) is 3. The molecule has 0 aliphatic rings. The highest BCUT2D eigenvalue weighted by molar-refractivity contribution is 6.76. The topological polar surface area (TPSA) is 127 Å². The van der Waals surface area contributed by atoms with Gasteiger partial charge in [0, 0.05) is 39.6 Å². The molecule has 0 aliphatic heterocycles. The summed E-state index contributed by atoms with van der Waals surface area (Å²) in [5.41, 5.74) is 12.8. The molecule has 3 aromatic heterocycles. The van der Waals surface area contributed by atoms with Crippen LogP contribution in [-0.4, -0.2) is 34.7 Å². The highest BCUT2D eigenvalue weighted by Crippen LogP contribution is 2.38. The van der Waals surface area contributed by atoms with Crippen LogP contribution in [-0.2, 0) is 18.5 Å². The minimum atomic E-state index is -1.38. The van der Waals surface area contributed by atoms with Crippen LogP contribution in [0.5, 0.6) is 11.6 Å². The highest BCUT2D eigenvalue weighted by atomic mass is 28.3. The first-order valence-electron chi connectivity index (χ1n) is 11.8. The van der Waals surface area contributed by atoms with Gasteiger partial charge in [-0.2, -0.15) is 0 Å². The summed E-state index contributed by atoms with van der Waals surface area (Å²) in [6.45, 7) is 7.08. The van der Waals surface area contributed by atoms with Gasteiger partial charge < -0.3 is 30.1 Å². The Kier molecular flexibility index (Phi) is 7.38. The summed E-state index contributed by atoms with van der Waals surface area (Å²) in [4.78, 5) is 29.7. The van der Waals surface area contributed by atoms with Crippen LogP contribution in [0, 0.1) is 11.6 Å². The van der Waals surface area contributed by atoms with Crippen LogP contribution >= 0.6 is 0 Å². The maximum Gasteiger partial charge on any atom is 0.265 e. The molecule has 0 radical (unpaired) electrons. The van der Waals surface area contributed by atoms with E-state index in [0.29, 0.717) is 29.3 Å². The Morgan fingerprint density at radius 3 is 2.53 bits per heavy atom. The lowest BCUT2D eigenvalue weighted by molar-refractivity contribution is 0.0831. The second-order valence-corrected chi connectivity index (χ2v) is 15.8. The molecule has 9 nitrogen and oxygen atoms in total. The van der Waals surface area contributed by atoms with Crippen LogP contribution in [0.3, 0.4) is 0 Å². The number of hydrogen-bond acceptors (Lipinski definition) is 6. The quantitative estimate of drug-likeness (QED) is 0.238. The number of aromatic nitrogens is 3. The van der Waals surface area contributed by atoms with Gasteiger partial charge in [0.2, 0.25) is 5.88 Å². The largest absolute Gasteiger partial charge is 0.435 e. The van der Waals surface area contributed by atoms with Crippen molar-refractivity contribution in [1.82, 2.24) is 14.1 Å². The molecule has 4 aromatic rings. The van der Waals surface area contributed by atoms with E-state index in [2.05, 4.69) is 24.6 Å². The second-order valence-electron chi connectivity index (χ2n) is 10.2. The molecule has 200 valence electrons. The molecular formula is C26H29F2N5O4Si. The van der Waals surface area contributed by atoms with Gasteiger partial charge in [-0.3, -0.25) is 9.59 Å². The third-order valence-corrected chi connectivity index (χ3v) is 7.66. The van der Waals surface area contributed by atoms with Crippen molar-refractivity contribution in [2.24, 2.45) is 12.8 Å². The zero-order valence-corrected chi connectivity index (χ0v) is 22.5. The summed E-state index contributed by atoms with van der Waals surface area (Å²) in [6.07, 6.45) is 2.87. The van der Waals surface area contributed by atoms with E-state index >= 15 is 0 Å². The fourth-order valence-corrected chi connectivity index (χ4v) is 4.74. The average Bonchev–Trinajstić information content (AvgIpc) is 3.21. The number of aryl methyl sites for hydroxylation is 1. The van der Waals surface area contributed by atoms with Gasteiger partial charge in [-0.1, -0.05) is 19.6 Å². The Morgan fingerprint density at radius 2 is 1.87 bits per heavy atom. The summed E-state index contributed by atoms with van der Waals surface area (Å²) in [6, 6.07) is 6.76. The zero-order valence-electron chi connectivity index (χ0n) is 21.5. The first-order valence-corrected chi connectivity index (χ1v) is 15.6. The van der Waals surface area contributed by atoms with Crippen molar-refractivity contribution in [3.63, 3.8) is 0 Å². The Bertz CT molecular complexity index is 1590. The predicted octanol–water partition coefficient (Wildman–Crippen LogP) is 4.47. The average molecular weight is 542 g/mol. The third kappa shape index (κ3) is 5.60. The predicted molar refractivity (Wildman–Crippen MR) is 144 cm³/mol. The van der Waals surface area contributed by atoms with E-state index in [1.165, 1.54) is 21.4 Å². The fourth-order valence-electron chi connectivity index (χ4n) is 3.98.